The second-order valence-corrected chi connectivity index (χ2v) is 7.81. The van der Waals surface area contributed by atoms with Crippen LogP contribution in [-0.2, 0) is 4.74 Å². The molecule has 0 bridgehead atoms. The molecule has 0 unspecified atom stereocenters. The number of benzene rings is 2. The molecule has 2 aromatic rings. The summed E-state index contributed by atoms with van der Waals surface area (Å²) in [6.07, 6.45) is -0.559. The van der Waals surface area contributed by atoms with Crippen LogP contribution >= 0.6 is 0 Å². The maximum absolute atomic E-state index is 12.4. The van der Waals surface area contributed by atoms with E-state index in [-0.39, 0.29) is 12.1 Å². The summed E-state index contributed by atoms with van der Waals surface area (Å²) in [4.78, 5) is 21.3. The highest BCUT2D eigenvalue weighted by atomic mass is 16.5. The molecule has 29 heavy (non-hydrogen) atoms. The Balaban J connectivity index is 2.25. The number of amides is 1. The topological polar surface area (TPSA) is 45.1 Å². The van der Waals surface area contributed by atoms with Crippen LogP contribution in [0.3, 0.4) is 0 Å². The number of anilines is 2. The third kappa shape index (κ3) is 3.74. The fourth-order valence-electron chi connectivity index (χ4n) is 4.24. The van der Waals surface area contributed by atoms with Crippen molar-refractivity contribution in [1.82, 2.24) is 0 Å². The van der Waals surface area contributed by atoms with E-state index in [0.717, 1.165) is 33.6 Å². The van der Waals surface area contributed by atoms with Gasteiger partial charge in [0.25, 0.3) is 0 Å². The average Bonchev–Trinajstić information content (AvgIpc) is 2.87. The summed E-state index contributed by atoms with van der Waals surface area (Å²) in [5.41, 5.74) is 6.83. The molecule has 0 aromatic heterocycles. The van der Waals surface area contributed by atoms with Gasteiger partial charge in [-0.1, -0.05) is 36.4 Å². The molecule has 2 aromatic carbocycles. The van der Waals surface area contributed by atoms with Gasteiger partial charge in [-0.2, -0.15) is 0 Å². The van der Waals surface area contributed by atoms with Crippen LogP contribution in [0.4, 0.5) is 16.2 Å². The number of aryl methyl sites for hydroxylation is 4. The van der Waals surface area contributed by atoms with E-state index >= 15 is 0 Å². The number of para-hydroxylation sites is 2. The molecule has 1 saturated heterocycles. The number of rotatable bonds is 3. The Labute approximate surface area is 174 Å². The molecule has 0 spiro atoms. The van der Waals surface area contributed by atoms with Gasteiger partial charge >= 0.3 is 6.09 Å². The smallest absolute Gasteiger partial charge is 0.436 e. The number of guanidine groups is 1. The molecule has 2 atom stereocenters. The first-order valence-electron chi connectivity index (χ1n) is 10.2. The number of carbonyl (C=O) groups excluding carboxylic acids is 1. The molecule has 1 heterocycles. The van der Waals surface area contributed by atoms with Gasteiger partial charge in [-0.25, -0.2) is 4.79 Å². The molecule has 1 aliphatic rings. The number of aliphatic imine (C=N–C) groups is 1. The van der Waals surface area contributed by atoms with Crippen molar-refractivity contribution in [2.75, 3.05) is 16.4 Å². The van der Waals surface area contributed by atoms with Crippen molar-refractivity contribution in [3.63, 3.8) is 0 Å². The van der Waals surface area contributed by atoms with Gasteiger partial charge in [0.05, 0.1) is 30.1 Å². The van der Waals surface area contributed by atoms with Crippen molar-refractivity contribution in [3.8, 4) is 0 Å². The van der Waals surface area contributed by atoms with Crippen LogP contribution in [0.1, 0.15) is 43.0 Å². The van der Waals surface area contributed by atoms with Crippen LogP contribution in [-0.4, -0.2) is 30.7 Å². The third-order valence-electron chi connectivity index (χ3n) is 5.76. The lowest BCUT2D eigenvalue weighted by molar-refractivity contribution is 0.163. The largest absolute Gasteiger partial charge is 0.448 e. The van der Waals surface area contributed by atoms with E-state index in [9.17, 15) is 4.79 Å². The van der Waals surface area contributed by atoms with Crippen molar-refractivity contribution in [3.05, 3.63) is 58.7 Å². The summed E-state index contributed by atoms with van der Waals surface area (Å²) in [7, 11) is 0. The molecular formula is C24H31N3O2. The highest BCUT2D eigenvalue weighted by Gasteiger charge is 2.43. The van der Waals surface area contributed by atoms with Crippen LogP contribution in [0, 0.1) is 27.7 Å². The predicted molar refractivity (Wildman–Crippen MR) is 120 cm³/mol. The number of nitrogens with zero attached hydrogens (tertiary/aromatic N) is 3. The Hall–Kier alpha value is -2.82. The minimum Gasteiger partial charge on any atom is -0.448 e. The Morgan fingerprint density at radius 1 is 0.862 bits per heavy atom. The highest BCUT2D eigenvalue weighted by molar-refractivity contribution is 6.15. The molecule has 154 valence electrons. The van der Waals surface area contributed by atoms with Crippen LogP contribution in [0.15, 0.2) is 41.4 Å². The van der Waals surface area contributed by atoms with Crippen molar-refractivity contribution in [1.29, 1.82) is 0 Å². The standard InChI is InChI=1S/C24H31N3O2/c1-8-29-24(28)25-23-26(21-15(2)11-9-12-16(21)3)19(6)20(7)27(23)22-17(4)13-10-14-18(22)5/h9-14,19-20H,8H2,1-7H3/t19-,20-/m0/s1. The van der Waals surface area contributed by atoms with Gasteiger partial charge in [0, 0.05) is 0 Å². The van der Waals surface area contributed by atoms with Crippen LogP contribution in [0.2, 0.25) is 0 Å². The van der Waals surface area contributed by atoms with E-state index < -0.39 is 6.09 Å². The Morgan fingerprint density at radius 2 is 1.24 bits per heavy atom. The molecular weight excluding hydrogens is 362 g/mol. The molecule has 5 heteroatoms. The van der Waals surface area contributed by atoms with Gasteiger partial charge in [0.15, 0.2) is 0 Å². The first kappa shape index (κ1) is 20.9. The second-order valence-electron chi connectivity index (χ2n) is 7.81. The number of carbonyl (C=O) groups is 1. The fourth-order valence-corrected chi connectivity index (χ4v) is 4.24. The van der Waals surface area contributed by atoms with E-state index in [1.54, 1.807) is 6.92 Å². The lowest BCUT2D eigenvalue weighted by atomic mass is 10.0. The minimum atomic E-state index is -0.559. The van der Waals surface area contributed by atoms with E-state index in [4.69, 9.17) is 4.74 Å². The molecule has 0 radical (unpaired) electrons. The first-order chi connectivity index (χ1) is 13.8. The lowest BCUT2D eigenvalue weighted by Crippen LogP contribution is -2.38. The molecule has 1 amide bonds. The van der Waals surface area contributed by atoms with E-state index in [2.05, 4.69) is 92.7 Å². The number of ether oxygens (including phenoxy) is 1. The van der Waals surface area contributed by atoms with Gasteiger partial charge in [-0.05, 0) is 70.7 Å². The zero-order valence-corrected chi connectivity index (χ0v) is 18.5. The SMILES string of the molecule is CCOC(=O)N=C1N(c2c(C)cccc2C)[C@@H](C)[C@H](C)N1c1c(C)cccc1C. The minimum absolute atomic E-state index is 0.127. The maximum Gasteiger partial charge on any atom is 0.436 e. The predicted octanol–water partition coefficient (Wildman–Crippen LogP) is 5.54. The molecule has 0 saturated carbocycles. The molecule has 1 aliphatic heterocycles. The summed E-state index contributed by atoms with van der Waals surface area (Å²) >= 11 is 0. The lowest BCUT2D eigenvalue weighted by Gasteiger charge is -2.29. The quantitative estimate of drug-likeness (QED) is 0.687. The zero-order chi connectivity index (χ0) is 21.3. The summed E-state index contributed by atoms with van der Waals surface area (Å²) in [5.74, 6) is 0.623. The van der Waals surface area contributed by atoms with Gasteiger partial charge in [-0.15, -0.1) is 4.99 Å². The monoisotopic (exact) mass is 393 g/mol. The first-order valence-corrected chi connectivity index (χ1v) is 10.2. The third-order valence-corrected chi connectivity index (χ3v) is 5.76. The van der Waals surface area contributed by atoms with Crippen molar-refractivity contribution >= 4 is 23.4 Å². The average molecular weight is 394 g/mol. The normalized spacial score (nSPS) is 18.9. The van der Waals surface area contributed by atoms with Crippen molar-refractivity contribution in [2.45, 2.75) is 60.5 Å². The van der Waals surface area contributed by atoms with Crippen molar-refractivity contribution < 1.29 is 9.53 Å². The van der Waals surface area contributed by atoms with Gasteiger partial charge in [-0.3, -0.25) is 0 Å². The van der Waals surface area contributed by atoms with Crippen LogP contribution in [0.5, 0.6) is 0 Å². The van der Waals surface area contributed by atoms with E-state index in [1.165, 1.54) is 0 Å². The van der Waals surface area contributed by atoms with Crippen LogP contribution in [0.25, 0.3) is 0 Å². The molecule has 5 nitrogen and oxygen atoms in total. The zero-order valence-electron chi connectivity index (χ0n) is 18.5. The fraction of sp³-hybridized carbons (Fsp3) is 0.417. The maximum atomic E-state index is 12.4. The Kier molecular flexibility index (Phi) is 5.96. The van der Waals surface area contributed by atoms with E-state index in [1.807, 2.05) is 0 Å². The molecule has 0 N–H and O–H groups in total. The Bertz CT molecular complexity index is 845. The Morgan fingerprint density at radius 3 is 1.59 bits per heavy atom. The van der Waals surface area contributed by atoms with Gasteiger partial charge in [0.2, 0.25) is 5.96 Å². The van der Waals surface area contributed by atoms with Gasteiger partial charge < -0.3 is 14.5 Å². The number of hydrogen-bond acceptors (Lipinski definition) is 2. The summed E-state index contributed by atoms with van der Waals surface area (Å²) in [6, 6.07) is 12.8. The highest BCUT2D eigenvalue weighted by Crippen LogP contribution is 2.38. The van der Waals surface area contributed by atoms with Crippen LogP contribution < -0.4 is 9.80 Å². The van der Waals surface area contributed by atoms with Gasteiger partial charge in [0.1, 0.15) is 0 Å². The summed E-state index contributed by atoms with van der Waals surface area (Å²) < 4.78 is 5.18. The molecule has 0 aliphatic carbocycles. The second kappa shape index (κ2) is 8.27. The summed E-state index contributed by atoms with van der Waals surface area (Å²) in [6.45, 7) is 14.9. The van der Waals surface area contributed by atoms with Crippen molar-refractivity contribution in [2.24, 2.45) is 4.99 Å². The number of hydrogen-bond donors (Lipinski definition) is 0. The van der Waals surface area contributed by atoms with E-state index in [0.29, 0.717) is 12.6 Å². The molecule has 3 rings (SSSR count). The summed E-state index contributed by atoms with van der Waals surface area (Å²) in [5, 5.41) is 0. The molecule has 1 fully saturated rings.